The van der Waals surface area contributed by atoms with Gasteiger partial charge in [0, 0.05) is 12.7 Å². The molecule has 7 heteroatoms. The number of hydrogen-bond donors (Lipinski definition) is 1. The van der Waals surface area contributed by atoms with Crippen molar-refractivity contribution in [1.82, 2.24) is 5.32 Å². The van der Waals surface area contributed by atoms with E-state index < -0.39 is 9.84 Å². The molecule has 138 valence electrons. The normalized spacial score (nSPS) is 14.1. The molecule has 3 rings (SSSR count). The number of ether oxygens (including phenoxy) is 2. The Morgan fingerprint density at radius 1 is 1.12 bits per heavy atom. The van der Waals surface area contributed by atoms with E-state index in [-0.39, 0.29) is 23.6 Å². The van der Waals surface area contributed by atoms with E-state index in [1.54, 1.807) is 24.3 Å². The first kappa shape index (κ1) is 18.3. The molecule has 0 spiro atoms. The van der Waals surface area contributed by atoms with Gasteiger partial charge in [0.15, 0.2) is 21.3 Å². The van der Waals surface area contributed by atoms with Crippen molar-refractivity contribution >= 4 is 15.7 Å². The Balaban J connectivity index is 1.54. The second-order valence-corrected chi connectivity index (χ2v) is 8.33. The average molecular weight is 375 g/mol. The van der Waals surface area contributed by atoms with Gasteiger partial charge in [-0.15, -0.1) is 0 Å². The summed E-state index contributed by atoms with van der Waals surface area (Å²) in [6, 6.07) is 12.0. The highest BCUT2D eigenvalue weighted by Crippen LogP contribution is 2.32. The first-order valence-corrected chi connectivity index (χ1v) is 10.2. The number of aryl methyl sites for hydroxylation is 1. The lowest BCUT2D eigenvalue weighted by Gasteiger charge is -2.15. The van der Waals surface area contributed by atoms with Gasteiger partial charge in [0.1, 0.15) is 0 Å². The lowest BCUT2D eigenvalue weighted by Crippen LogP contribution is -2.26. The first-order valence-electron chi connectivity index (χ1n) is 8.31. The minimum atomic E-state index is -3.22. The van der Waals surface area contributed by atoms with Crippen LogP contribution in [0, 0.1) is 0 Å². The summed E-state index contributed by atoms with van der Waals surface area (Å²) in [6.45, 7) is 2.10. The zero-order valence-corrected chi connectivity index (χ0v) is 15.5. The maximum absolute atomic E-state index is 12.2. The summed E-state index contributed by atoms with van der Waals surface area (Å²) >= 11 is 0. The van der Waals surface area contributed by atoms with Crippen molar-refractivity contribution in [1.29, 1.82) is 0 Å². The smallest absolute Gasteiger partial charge is 0.231 e. The molecule has 2 aromatic rings. The largest absolute Gasteiger partial charge is 0.454 e. The third kappa shape index (κ3) is 4.35. The van der Waals surface area contributed by atoms with Gasteiger partial charge in [-0.25, -0.2) is 8.42 Å². The predicted molar refractivity (Wildman–Crippen MR) is 97.0 cm³/mol. The Morgan fingerprint density at radius 2 is 1.81 bits per heavy atom. The van der Waals surface area contributed by atoms with E-state index in [9.17, 15) is 13.2 Å². The van der Waals surface area contributed by atoms with Gasteiger partial charge >= 0.3 is 0 Å². The summed E-state index contributed by atoms with van der Waals surface area (Å²) in [5, 5.41) is 2.93. The quantitative estimate of drug-likeness (QED) is 0.839. The van der Waals surface area contributed by atoms with Crippen LogP contribution in [0.2, 0.25) is 0 Å². The molecule has 0 aromatic heterocycles. The van der Waals surface area contributed by atoms with E-state index in [1.807, 2.05) is 25.1 Å². The van der Waals surface area contributed by atoms with Gasteiger partial charge in [0.05, 0.1) is 10.9 Å². The fraction of sp³-hybridized carbons (Fsp3) is 0.316. The fourth-order valence-electron chi connectivity index (χ4n) is 2.76. The lowest BCUT2D eigenvalue weighted by molar-refractivity contribution is -0.121. The molecule has 26 heavy (non-hydrogen) atoms. The third-order valence-electron chi connectivity index (χ3n) is 4.26. The number of carbonyl (C=O) groups excluding carboxylic acids is 1. The van der Waals surface area contributed by atoms with E-state index in [0.29, 0.717) is 18.6 Å². The molecule has 1 heterocycles. The summed E-state index contributed by atoms with van der Waals surface area (Å²) in [7, 11) is -3.22. The van der Waals surface area contributed by atoms with Crippen LogP contribution in [0.4, 0.5) is 0 Å². The molecule has 0 bridgehead atoms. The molecule has 0 saturated carbocycles. The Kier molecular flexibility index (Phi) is 5.18. The minimum absolute atomic E-state index is 0.0673. The lowest BCUT2D eigenvalue weighted by atomic mass is 10.1. The Bertz CT molecular complexity index is 906. The van der Waals surface area contributed by atoms with Gasteiger partial charge in [0.25, 0.3) is 0 Å². The van der Waals surface area contributed by atoms with Crippen molar-refractivity contribution < 1.29 is 22.7 Å². The zero-order valence-electron chi connectivity index (χ0n) is 14.7. The van der Waals surface area contributed by atoms with Crippen LogP contribution in [0.25, 0.3) is 0 Å². The molecule has 6 nitrogen and oxygen atoms in total. The fourth-order valence-corrected chi connectivity index (χ4v) is 3.39. The summed E-state index contributed by atoms with van der Waals surface area (Å²) < 4.78 is 33.6. The molecule has 1 N–H and O–H groups in total. The second-order valence-electron chi connectivity index (χ2n) is 6.32. The van der Waals surface area contributed by atoms with Crippen molar-refractivity contribution in [3.63, 3.8) is 0 Å². The number of benzene rings is 2. The number of fused-ring (bicyclic) bond motifs is 1. The summed E-state index contributed by atoms with van der Waals surface area (Å²) in [4.78, 5) is 12.5. The molecule has 1 amide bonds. The Labute approximate surface area is 153 Å². The molecule has 0 saturated heterocycles. The molecule has 0 fully saturated rings. The van der Waals surface area contributed by atoms with Crippen molar-refractivity contribution in [2.45, 2.75) is 30.7 Å². The van der Waals surface area contributed by atoms with Crippen LogP contribution in [-0.4, -0.2) is 27.4 Å². The average Bonchev–Trinajstić information content (AvgIpc) is 3.07. The molecule has 0 aliphatic carbocycles. The molecule has 1 atom stereocenters. The SMILES string of the molecule is C[C@@H](NC(=O)CCc1ccc2c(c1)OCO2)c1ccc(S(C)(=O)=O)cc1. The monoisotopic (exact) mass is 375 g/mol. The third-order valence-corrected chi connectivity index (χ3v) is 5.39. The standard InChI is InChI=1S/C19H21NO5S/c1-13(15-5-7-16(8-6-15)26(2,22)23)20-19(21)10-4-14-3-9-17-18(11-14)25-12-24-17/h3,5-9,11,13H,4,10,12H2,1-2H3,(H,20,21)/t13-/m1/s1. The molecule has 0 unspecified atom stereocenters. The first-order chi connectivity index (χ1) is 12.3. The van der Waals surface area contributed by atoms with Gasteiger partial charge in [-0.3, -0.25) is 4.79 Å². The van der Waals surface area contributed by atoms with E-state index in [1.165, 1.54) is 6.26 Å². The number of amides is 1. The van der Waals surface area contributed by atoms with Gasteiger partial charge in [0.2, 0.25) is 12.7 Å². The van der Waals surface area contributed by atoms with E-state index in [4.69, 9.17) is 9.47 Å². The summed E-state index contributed by atoms with van der Waals surface area (Å²) in [6.07, 6.45) is 2.12. The number of hydrogen-bond acceptors (Lipinski definition) is 5. The minimum Gasteiger partial charge on any atom is -0.454 e. The van der Waals surface area contributed by atoms with E-state index >= 15 is 0 Å². The van der Waals surface area contributed by atoms with Gasteiger partial charge in [-0.1, -0.05) is 18.2 Å². The number of nitrogens with one attached hydrogen (secondary N) is 1. The van der Waals surface area contributed by atoms with E-state index in [0.717, 1.165) is 16.9 Å². The van der Waals surface area contributed by atoms with Crippen molar-refractivity contribution in [2.75, 3.05) is 13.0 Å². The zero-order chi connectivity index (χ0) is 18.7. The van der Waals surface area contributed by atoms with Crippen LogP contribution in [-0.2, 0) is 21.1 Å². The van der Waals surface area contributed by atoms with Crippen molar-refractivity contribution in [2.24, 2.45) is 0 Å². The highest BCUT2D eigenvalue weighted by molar-refractivity contribution is 7.90. The van der Waals surface area contributed by atoms with Gasteiger partial charge in [-0.05, 0) is 48.7 Å². The molecular weight excluding hydrogens is 354 g/mol. The Morgan fingerprint density at radius 3 is 2.50 bits per heavy atom. The van der Waals surface area contributed by atoms with Crippen molar-refractivity contribution in [3.8, 4) is 11.5 Å². The highest BCUT2D eigenvalue weighted by atomic mass is 32.2. The van der Waals surface area contributed by atoms with Crippen LogP contribution in [0.5, 0.6) is 11.5 Å². The molecule has 2 aromatic carbocycles. The molecule has 0 radical (unpaired) electrons. The van der Waals surface area contributed by atoms with Crippen molar-refractivity contribution in [3.05, 3.63) is 53.6 Å². The van der Waals surface area contributed by atoms with Gasteiger partial charge in [-0.2, -0.15) is 0 Å². The summed E-state index contributed by atoms with van der Waals surface area (Å²) in [5.74, 6) is 1.37. The molecule has 1 aliphatic heterocycles. The Hall–Kier alpha value is -2.54. The van der Waals surface area contributed by atoms with Gasteiger partial charge < -0.3 is 14.8 Å². The second kappa shape index (κ2) is 7.37. The topological polar surface area (TPSA) is 81.7 Å². The predicted octanol–water partition coefficient (Wildman–Crippen LogP) is 2.63. The van der Waals surface area contributed by atoms with Crippen LogP contribution in [0.1, 0.15) is 30.5 Å². The number of carbonyl (C=O) groups is 1. The maximum atomic E-state index is 12.2. The van der Waals surface area contributed by atoms with Crippen LogP contribution < -0.4 is 14.8 Å². The van der Waals surface area contributed by atoms with Crippen LogP contribution >= 0.6 is 0 Å². The number of rotatable bonds is 6. The molecule has 1 aliphatic rings. The molecular formula is C19H21NO5S. The van der Waals surface area contributed by atoms with Crippen LogP contribution in [0.3, 0.4) is 0 Å². The van der Waals surface area contributed by atoms with Crippen LogP contribution in [0.15, 0.2) is 47.4 Å². The highest BCUT2D eigenvalue weighted by Gasteiger charge is 2.15. The number of sulfone groups is 1. The van der Waals surface area contributed by atoms with E-state index in [2.05, 4.69) is 5.32 Å². The maximum Gasteiger partial charge on any atom is 0.231 e. The summed E-state index contributed by atoms with van der Waals surface area (Å²) in [5.41, 5.74) is 1.86.